The summed E-state index contributed by atoms with van der Waals surface area (Å²) in [7, 11) is 0. The Labute approximate surface area is 124 Å². The van der Waals surface area contributed by atoms with E-state index < -0.39 is 5.97 Å². The van der Waals surface area contributed by atoms with Gasteiger partial charge >= 0.3 is 5.97 Å². The van der Waals surface area contributed by atoms with E-state index in [1.165, 1.54) is 32.4 Å². The lowest BCUT2D eigenvalue weighted by Crippen LogP contribution is -2.46. The first-order chi connectivity index (χ1) is 10.3. The Hall–Kier alpha value is -1.75. The zero-order valence-corrected chi connectivity index (χ0v) is 12.0. The maximum Gasteiger partial charge on any atom is 0.339 e. The van der Waals surface area contributed by atoms with Crippen LogP contribution >= 0.6 is 0 Å². The van der Waals surface area contributed by atoms with Crippen LogP contribution in [0.15, 0.2) is 18.2 Å². The molecule has 2 saturated heterocycles. The van der Waals surface area contributed by atoms with E-state index in [0.29, 0.717) is 24.4 Å². The molecule has 3 aliphatic rings. The molecule has 2 atom stereocenters. The first-order valence-corrected chi connectivity index (χ1v) is 7.75. The van der Waals surface area contributed by atoms with E-state index in [0.717, 1.165) is 12.2 Å². The van der Waals surface area contributed by atoms with Crippen molar-refractivity contribution >= 4 is 11.7 Å². The minimum absolute atomic E-state index is 0.276. The number of nitrogens with zero attached hydrogens (tertiary/aromatic N) is 2. The van der Waals surface area contributed by atoms with Gasteiger partial charge in [0.1, 0.15) is 12.2 Å². The van der Waals surface area contributed by atoms with Gasteiger partial charge in [-0.1, -0.05) is 6.07 Å². The fourth-order valence-corrected chi connectivity index (χ4v) is 4.20. The molecule has 0 amide bonds. The molecule has 5 nitrogen and oxygen atoms in total. The molecule has 21 heavy (non-hydrogen) atoms. The predicted molar refractivity (Wildman–Crippen MR) is 79.2 cm³/mol. The minimum atomic E-state index is -0.914. The van der Waals surface area contributed by atoms with Gasteiger partial charge in [-0.15, -0.1) is 0 Å². The van der Waals surface area contributed by atoms with Crippen LogP contribution in [0.5, 0.6) is 5.75 Å². The maximum atomic E-state index is 11.4. The van der Waals surface area contributed by atoms with Gasteiger partial charge in [-0.3, -0.25) is 4.90 Å². The molecule has 112 valence electrons. The minimum Gasteiger partial charge on any atom is -0.489 e. The number of hydrogen-bond acceptors (Lipinski definition) is 4. The zero-order valence-electron chi connectivity index (χ0n) is 12.0. The van der Waals surface area contributed by atoms with Crippen LogP contribution in [0.2, 0.25) is 0 Å². The van der Waals surface area contributed by atoms with Crippen molar-refractivity contribution in [1.29, 1.82) is 0 Å². The number of para-hydroxylation sites is 1. The van der Waals surface area contributed by atoms with E-state index in [-0.39, 0.29) is 5.56 Å². The number of hydrogen-bond donors (Lipinski definition) is 1. The summed E-state index contributed by atoms with van der Waals surface area (Å²) in [6.45, 7) is 3.81. The standard InChI is InChI=1S/C16H20N2O3/c19-16(20)11-3-1-4-14-15(11)21-10-9-18(14)13-6-8-17-7-2-5-12(13)17/h1,3-4,12-13H,2,5-10H2,(H,19,20). The average Bonchev–Trinajstić information content (AvgIpc) is 3.09. The number of aromatic carboxylic acids is 1. The summed E-state index contributed by atoms with van der Waals surface area (Å²) in [5.74, 6) is -0.365. The van der Waals surface area contributed by atoms with Gasteiger partial charge in [0.2, 0.25) is 0 Å². The molecule has 3 aliphatic heterocycles. The van der Waals surface area contributed by atoms with Crippen LogP contribution in [0.25, 0.3) is 0 Å². The third-order valence-corrected chi connectivity index (χ3v) is 5.08. The van der Waals surface area contributed by atoms with Crippen LogP contribution < -0.4 is 9.64 Å². The van der Waals surface area contributed by atoms with Gasteiger partial charge in [-0.05, 0) is 37.9 Å². The summed E-state index contributed by atoms with van der Waals surface area (Å²) in [6, 6.07) is 6.58. The Morgan fingerprint density at radius 2 is 2.10 bits per heavy atom. The lowest BCUT2D eigenvalue weighted by atomic mass is 10.0. The van der Waals surface area contributed by atoms with Gasteiger partial charge in [0.15, 0.2) is 5.75 Å². The van der Waals surface area contributed by atoms with Crippen molar-refractivity contribution in [1.82, 2.24) is 4.90 Å². The van der Waals surface area contributed by atoms with E-state index in [4.69, 9.17) is 4.74 Å². The van der Waals surface area contributed by atoms with Gasteiger partial charge in [0.05, 0.1) is 12.2 Å². The number of anilines is 1. The number of ether oxygens (including phenoxy) is 1. The van der Waals surface area contributed by atoms with Crippen LogP contribution in [0.4, 0.5) is 5.69 Å². The van der Waals surface area contributed by atoms with Crippen molar-refractivity contribution in [3.05, 3.63) is 23.8 Å². The summed E-state index contributed by atoms with van der Waals surface area (Å²) in [4.78, 5) is 16.4. The normalized spacial score (nSPS) is 28.1. The van der Waals surface area contributed by atoms with Crippen molar-refractivity contribution in [2.24, 2.45) is 0 Å². The summed E-state index contributed by atoms with van der Waals surface area (Å²) >= 11 is 0. The van der Waals surface area contributed by atoms with Crippen molar-refractivity contribution in [2.75, 3.05) is 31.1 Å². The van der Waals surface area contributed by atoms with Gasteiger partial charge in [0.25, 0.3) is 0 Å². The third-order valence-electron chi connectivity index (χ3n) is 5.08. The highest BCUT2D eigenvalue weighted by atomic mass is 16.5. The third kappa shape index (κ3) is 1.99. The van der Waals surface area contributed by atoms with Crippen molar-refractivity contribution < 1.29 is 14.6 Å². The largest absolute Gasteiger partial charge is 0.489 e. The Bertz CT molecular complexity index is 575. The summed E-state index contributed by atoms with van der Waals surface area (Å²) in [5, 5.41) is 9.34. The second-order valence-corrected chi connectivity index (χ2v) is 6.10. The SMILES string of the molecule is O=C(O)c1cccc2c1OCCN2C1CCN2CCCC12. The number of benzene rings is 1. The van der Waals surface area contributed by atoms with Crippen molar-refractivity contribution in [2.45, 2.75) is 31.3 Å². The van der Waals surface area contributed by atoms with E-state index in [1.807, 2.05) is 12.1 Å². The summed E-state index contributed by atoms with van der Waals surface area (Å²) < 4.78 is 5.68. The van der Waals surface area contributed by atoms with Gasteiger partial charge in [-0.25, -0.2) is 4.79 Å². The van der Waals surface area contributed by atoms with Crippen LogP contribution in [0, 0.1) is 0 Å². The Kier molecular flexibility index (Phi) is 3.03. The van der Waals surface area contributed by atoms with Gasteiger partial charge in [0, 0.05) is 18.6 Å². The fraction of sp³-hybridized carbons (Fsp3) is 0.562. The zero-order chi connectivity index (χ0) is 14.4. The molecule has 0 spiro atoms. The molecule has 4 rings (SSSR count). The van der Waals surface area contributed by atoms with Crippen LogP contribution in [-0.2, 0) is 0 Å². The average molecular weight is 288 g/mol. The summed E-state index contributed by atoms with van der Waals surface area (Å²) in [5.41, 5.74) is 1.23. The Morgan fingerprint density at radius 3 is 2.95 bits per heavy atom. The highest BCUT2D eigenvalue weighted by Gasteiger charge is 2.41. The quantitative estimate of drug-likeness (QED) is 0.899. The molecular formula is C16H20N2O3. The van der Waals surface area contributed by atoms with E-state index >= 15 is 0 Å². The van der Waals surface area contributed by atoms with Gasteiger partial charge < -0.3 is 14.7 Å². The van der Waals surface area contributed by atoms with Crippen LogP contribution in [0.3, 0.4) is 0 Å². The Balaban J connectivity index is 1.70. The number of carboxylic acid groups (broad SMARTS) is 1. The van der Waals surface area contributed by atoms with Crippen molar-refractivity contribution in [3.8, 4) is 5.75 Å². The number of carboxylic acids is 1. The molecule has 0 saturated carbocycles. The molecule has 0 bridgehead atoms. The number of fused-ring (bicyclic) bond motifs is 2. The lowest BCUT2D eigenvalue weighted by Gasteiger charge is -2.38. The topological polar surface area (TPSA) is 53.0 Å². The molecule has 0 radical (unpaired) electrons. The number of rotatable bonds is 2. The smallest absolute Gasteiger partial charge is 0.339 e. The molecule has 1 N–H and O–H groups in total. The molecule has 3 heterocycles. The maximum absolute atomic E-state index is 11.4. The second-order valence-electron chi connectivity index (χ2n) is 6.10. The van der Waals surface area contributed by atoms with Gasteiger partial charge in [-0.2, -0.15) is 0 Å². The fourth-order valence-electron chi connectivity index (χ4n) is 4.20. The lowest BCUT2D eigenvalue weighted by molar-refractivity contribution is 0.0692. The second kappa shape index (κ2) is 4.91. The van der Waals surface area contributed by atoms with Crippen LogP contribution in [-0.4, -0.2) is 54.3 Å². The monoisotopic (exact) mass is 288 g/mol. The number of carbonyl (C=O) groups is 1. The molecule has 0 aromatic heterocycles. The molecule has 2 fully saturated rings. The molecule has 1 aromatic rings. The molecular weight excluding hydrogens is 268 g/mol. The molecule has 1 aromatic carbocycles. The van der Waals surface area contributed by atoms with E-state index in [2.05, 4.69) is 9.80 Å². The molecule has 5 heteroatoms. The van der Waals surface area contributed by atoms with E-state index in [1.54, 1.807) is 6.07 Å². The first-order valence-electron chi connectivity index (χ1n) is 7.75. The highest BCUT2D eigenvalue weighted by molar-refractivity contribution is 5.93. The van der Waals surface area contributed by atoms with Crippen LogP contribution in [0.1, 0.15) is 29.6 Å². The summed E-state index contributed by atoms with van der Waals surface area (Å²) in [6.07, 6.45) is 3.71. The first kappa shape index (κ1) is 13.0. The highest BCUT2D eigenvalue weighted by Crippen LogP contribution is 2.40. The van der Waals surface area contributed by atoms with Crippen molar-refractivity contribution in [3.63, 3.8) is 0 Å². The predicted octanol–water partition coefficient (Wildman–Crippen LogP) is 1.82. The molecule has 0 aliphatic carbocycles. The molecule has 2 unspecified atom stereocenters. The Morgan fingerprint density at radius 1 is 1.19 bits per heavy atom. The van der Waals surface area contributed by atoms with E-state index in [9.17, 15) is 9.90 Å².